The Balaban J connectivity index is 2.19. The van der Waals surface area contributed by atoms with Crippen LogP contribution in [0, 0.1) is 13.8 Å². The lowest BCUT2D eigenvalue weighted by Crippen LogP contribution is -1.94. The van der Waals surface area contributed by atoms with Crippen LogP contribution in [-0.2, 0) is 5.88 Å². The number of hydrogen-bond donors (Lipinski definition) is 0. The molecule has 0 radical (unpaired) electrons. The fourth-order valence-electron chi connectivity index (χ4n) is 2.26. The molecule has 1 heterocycles. The number of halogens is 2. The molecule has 0 atom stereocenters. The van der Waals surface area contributed by atoms with Crippen molar-refractivity contribution >= 4 is 38.6 Å². The van der Waals surface area contributed by atoms with E-state index in [4.69, 9.17) is 11.6 Å². The average Bonchev–Trinajstić information content (AvgIpc) is 2.82. The number of fused-ring (bicyclic) bond motifs is 1. The molecule has 0 aliphatic heterocycles. The molecule has 20 heavy (non-hydrogen) atoms. The molecule has 3 aromatic rings. The van der Waals surface area contributed by atoms with Gasteiger partial charge >= 0.3 is 0 Å². The summed E-state index contributed by atoms with van der Waals surface area (Å²) in [4.78, 5) is 4.49. The van der Waals surface area contributed by atoms with Crippen molar-refractivity contribution in [2.75, 3.05) is 0 Å². The lowest BCUT2D eigenvalue weighted by molar-refractivity contribution is 1.08. The zero-order valence-electron chi connectivity index (χ0n) is 11.3. The van der Waals surface area contributed by atoms with Gasteiger partial charge in [0.25, 0.3) is 0 Å². The average molecular weight is 350 g/mol. The maximum atomic E-state index is 5.89. The van der Waals surface area contributed by atoms with Gasteiger partial charge in [0.05, 0.1) is 11.0 Å². The summed E-state index contributed by atoms with van der Waals surface area (Å²) in [6, 6.07) is 10.5. The van der Waals surface area contributed by atoms with E-state index < -0.39 is 0 Å². The molecule has 0 spiro atoms. The summed E-state index contributed by atoms with van der Waals surface area (Å²) in [5.41, 5.74) is 6.85. The van der Waals surface area contributed by atoms with Crippen LogP contribution < -0.4 is 0 Å². The molecule has 2 nitrogen and oxygen atoms in total. The Bertz CT molecular complexity index is 793. The Kier molecular flexibility index (Phi) is 3.57. The smallest absolute Gasteiger partial charge is 0.100 e. The quantitative estimate of drug-likeness (QED) is 0.585. The molecular weight excluding hydrogens is 336 g/mol. The van der Waals surface area contributed by atoms with Gasteiger partial charge in [-0.05, 0) is 54.8 Å². The van der Waals surface area contributed by atoms with E-state index >= 15 is 0 Å². The van der Waals surface area contributed by atoms with Crippen molar-refractivity contribution in [1.29, 1.82) is 0 Å². The third kappa shape index (κ3) is 2.25. The Morgan fingerprint density at radius 2 is 1.90 bits per heavy atom. The number of nitrogens with zero attached hydrogens (tertiary/aromatic N) is 2. The molecule has 0 amide bonds. The summed E-state index contributed by atoms with van der Waals surface area (Å²) in [5.74, 6) is 0.504. The molecule has 1 aromatic heterocycles. The minimum absolute atomic E-state index is 0.504. The van der Waals surface area contributed by atoms with Gasteiger partial charge in [0, 0.05) is 16.0 Å². The van der Waals surface area contributed by atoms with Crippen LogP contribution in [0.3, 0.4) is 0 Å². The second-order valence-electron chi connectivity index (χ2n) is 4.95. The molecule has 0 fully saturated rings. The SMILES string of the molecule is Cc1cc2ncn(-c3ccc(CCl)c(Br)c3)c2cc1C. The predicted octanol–water partition coefficient (Wildman–Crippen LogP) is 5.14. The molecule has 4 heteroatoms. The van der Waals surface area contributed by atoms with Crippen molar-refractivity contribution in [2.24, 2.45) is 0 Å². The topological polar surface area (TPSA) is 17.8 Å². The first-order valence-corrected chi connectivity index (χ1v) is 7.72. The van der Waals surface area contributed by atoms with E-state index in [1.165, 1.54) is 11.1 Å². The van der Waals surface area contributed by atoms with E-state index in [1.807, 2.05) is 12.4 Å². The number of benzene rings is 2. The first-order valence-electron chi connectivity index (χ1n) is 6.39. The molecule has 102 valence electrons. The Hall–Kier alpha value is -1.32. The maximum absolute atomic E-state index is 5.89. The highest BCUT2D eigenvalue weighted by Crippen LogP contribution is 2.26. The third-order valence-corrected chi connectivity index (χ3v) is 4.65. The molecule has 0 saturated carbocycles. The van der Waals surface area contributed by atoms with Crippen LogP contribution in [0.5, 0.6) is 0 Å². The lowest BCUT2D eigenvalue weighted by Gasteiger charge is -2.08. The molecule has 2 aromatic carbocycles. The third-order valence-electron chi connectivity index (χ3n) is 3.62. The lowest BCUT2D eigenvalue weighted by atomic mass is 10.1. The summed E-state index contributed by atoms with van der Waals surface area (Å²) in [6.07, 6.45) is 1.87. The fraction of sp³-hybridized carbons (Fsp3) is 0.188. The maximum Gasteiger partial charge on any atom is 0.100 e. The van der Waals surface area contributed by atoms with Crippen molar-refractivity contribution < 1.29 is 0 Å². The second kappa shape index (κ2) is 5.23. The normalized spacial score (nSPS) is 11.2. The molecule has 0 bridgehead atoms. The molecule has 0 aliphatic rings. The number of aromatic nitrogens is 2. The number of imidazole rings is 1. The molecule has 0 saturated heterocycles. The van der Waals surface area contributed by atoms with Crippen molar-refractivity contribution in [3.8, 4) is 5.69 Å². The minimum Gasteiger partial charge on any atom is -0.299 e. The summed E-state index contributed by atoms with van der Waals surface area (Å²) >= 11 is 9.46. The Morgan fingerprint density at radius 3 is 2.60 bits per heavy atom. The van der Waals surface area contributed by atoms with Crippen LogP contribution in [0.1, 0.15) is 16.7 Å². The monoisotopic (exact) mass is 348 g/mol. The van der Waals surface area contributed by atoms with Gasteiger partial charge in [-0.25, -0.2) is 4.98 Å². The summed E-state index contributed by atoms with van der Waals surface area (Å²) in [7, 11) is 0. The van der Waals surface area contributed by atoms with Crippen LogP contribution in [-0.4, -0.2) is 9.55 Å². The second-order valence-corrected chi connectivity index (χ2v) is 6.07. The van der Waals surface area contributed by atoms with Crippen LogP contribution in [0.2, 0.25) is 0 Å². The molecule has 0 unspecified atom stereocenters. The van der Waals surface area contributed by atoms with E-state index in [0.717, 1.165) is 26.8 Å². The first-order chi connectivity index (χ1) is 9.60. The zero-order valence-corrected chi connectivity index (χ0v) is 13.7. The molecule has 0 N–H and O–H groups in total. The standard InChI is InChI=1S/C16H14BrClN2/c1-10-5-15-16(6-11(10)2)20(9-19-15)13-4-3-12(8-18)14(17)7-13/h3-7,9H,8H2,1-2H3. The van der Waals surface area contributed by atoms with E-state index in [-0.39, 0.29) is 0 Å². The van der Waals surface area contributed by atoms with E-state index in [0.29, 0.717) is 5.88 Å². The van der Waals surface area contributed by atoms with E-state index in [2.05, 4.69) is 63.6 Å². The molecular formula is C16H14BrClN2. The fourth-order valence-corrected chi connectivity index (χ4v) is 3.17. The van der Waals surface area contributed by atoms with Gasteiger partial charge in [0.15, 0.2) is 0 Å². The highest BCUT2D eigenvalue weighted by atomic mass is 79.9. The van der Waals surface area contributed by atoms with Gasteiger partial charge < -0.3 is 0 Å². The van der Waals surface area contributed by atoms with Crippen molar-refractivity contribution in [2.45, 2.75) is 19.7 Å². The summed E-state index contributed by atoms with van der Waals surface area (Å²) in [5, 5.41) is 0. The molecule has 3 rings (SSSR count). The highest BCUT2D eigenvalue weighted by Gasteiger charge is 2.08. The zero-order chi connectivity index (χ0) is 14.3. The first kappa shape index (κ1) is 13.7. The van der Waals surface area contributed by atoms with Crippen molar-refractivity contribution in [3.63, 3.8) is 0 Å². The van der Waals surface area contributed by atoms with Gasteiger partial charge in [-0.15, -0.1) is 11.6 Å². The van der Waals surface area contributed by atoms with Crippen molar-refractivity contribution in [1.82, 2.24) is 9.55 Å². The van der Waals surface area contributed by atoms with Crippen LogP contribution in [0.4, 0.5) is 0 Å². The van der Waals surface area contributed by atoms with Gasteiger partial charge in [0.1, 0.15) is 6.33 Å². The van der Waals surface area contributed by atoms with E-state index in [1.54, 1.807) is 0 Å². The number of hydrogen-bond acceptors (Lipinski definition) is 1. The van der Waals surface area contributed by atoms with Gasteiger partial charge in [-0.3, -0.25) is 4.57 Å². The summed E-state index contributed by atoms with van der Waals surface area (Å²) in [6.45, 7) is 4.23. The van der Waals surface area contributed by atoms with Crippen molar-refractivity contribution in [3.05, 3.63) is 57.8 Å². The minimum atomic E-state index is 0.504. The Labute approximate surface area is 131 Å². The largest absolute Gasteiger partial charge is 0.299 e. The van der Waals surface area contributed by atoms with Gasteiger partial charge in [0.2, 0.25) is 0 Å². The predicted molar refractivity (Wildman–Crippen MR) is 87.8 cm³/mol. The van der Waals surface area contributed by atoms with Crippen LogP contribution in [0.25, 0.3) is 16.7 Å². The summed E-state index contributed by atoms with van der Waals surface area (Å²) < 4.78 is 3.13. The van der Waals surface area contributed by atoms with Gasteiger partial charge in [-0.2, -0.15) is 0 Å². The number of aryl methyl sites for hydroxylation is 2. The molecule has 0 aliphatic carbocycles. The van der Waals surface area contributed by atoms with Gasteiger partial charge in [-0.1, -0.05) is 22.0 Å². The van der Waals surface area contributed by atoms with Crippen LogP contribution >= 0.6 is 27.5 Å². The number of alkyl halides is 1. The number of rotatable bonds is 2. The van der Waals surface area contributed by atoms with E-state index in [9.17, 15) is 0 Å². The Morgan fingerprint density at radius 1 is 1.15 bits per heavy atom. The highest BCUT2D eigenvalue weighted by molar-refractivity contribution is 9.10. The van der Waals surface area contributed by atoms with Crippen LogP contribution in [0.15, 0.2) is 41.1 Å².